The zero-order valence-electron chi connectivity index (χ0n) is 10.0. The van der Waals surface area contributed by atoms with Crippen LogP contribution in [0.5, 0.6) is 17.2 Å². The van der Waals surface area contributed by atoms with Crippen LogP contribution in [0.15, 0.2) is 12.1 Å². The predicted molar refractivity (Wildman–Crippen MR) is 63.2 cm³/mol. The second-order valence-electron chi connectivity index (χ2n) is 4.24. The Bertz CT molecular complexity index is 477. The maximum absolute atomic E-state index is 11.2. The number of phenols is 3. The van der Waals surface area contributed by atoms with Gasteiger partial charge in [0.1, 0.15) is 5.54 Å². The van der Waals surface area contributed by atoms with E-state index in [-0.39, 0.29) is 5.56 Å². The van der Waals surface area contributed by atoms with E-state index < -0.39 is 34.7 Å². The van der Waals surface area contributed by atoms with Gasteiger partial charge in [0.15, 0.2) is 11.5 Å². The quantitative estimate of drug-likeness (QED) is 0.257. The van der Waals surface area contributed by atoms with E-state index in [9.17, 15) is 20.1 Å². The fourth-order valence-corrected chi connectivity index (χ4v) is 1.62. The lowest BCUT2D eigenvalue weighted by Crippen LogP contribution is -2.56. The van der Waals surface area contributed by atoms with Crippen LogP contribution in [0.1, 0.15) is 25.3 Å². The monoisotopic (exact) mass is 256 g/mol. The van der Waals surface area contributed by atoms with Crippen molar-refractivity contribution in [3.05, 3.63) is 17.7 Å². The van der Waals surface area contributed by atoms with E-state index in [4.69, 9.17) is 10.9 Å². The number of benzene rings is 1. The first-order chi connectivity index (χ1) is 8.25. The Hall–Kier alpha value is -1.99. The molecule has 100 valence electrons. The first-order valence-corrected chi connectivity index (χ1v) is 5.20. The molecule has 7 heteroatoms. The highest BCUT2D eigenvalue weighted by Crippen LogP contribution is 2.42. The van der Waals surface area contributed by atoms with Crippen molar-refractivity contribution in [2.75, 3.05) is 0 Å². The minimum absolute atomic E-state index is 0.160. The number of hydrogen-bond acceptors (Lipinski definition) is 6. The molecule has 7 N–H and O–H groups in total. The van der Waals surface area contributed by atoms with Gasteiger partial charge in [0.2, 0.25) is 5.75 Å². The standard InChI is InChI=1S/C11H16N2O5/c1-5(11(2,13-12)10(17)18)6-3-4-7(14)9(16)8(6)15/h3-5,13-16H,12H2,1-2H3,(H,17,18). The highest BCUT2D eigenvalue weighted by molar-refractivity contribution is 5.80. The van der Waals surface area contributed by atoms with Crippen molar-refractivity contribution in [3.8, 4) is 17.2 Å². The molecule has 0 aromatic heterocycles. The zero-order valence-corrected chi connectivity index (χ0v) is 10.0. The molecule has 0 saturated heterocycles. The fourth-order valence-electron chi connectivity index (χ4n) is 1.62. The van der Waals surface area contributed by atoms with Crippen molar-refractivity contribution in [2.45, 2.75) is 25.3 Å². The van der Waals surface area contributed by atoms with Crippen LogP contribution in [0.3, 0.4) is 0 Å². The summed E-state index contributed by atoms with van der Waals surface area (Å²) in [6, 6.07) is 2.49. The normalized spacial score (nSPS) is 15.9. The van der Waals surface area contributed by atoms with Crippen LogP contribution < -0.4 is 11.3 Å². The van der Waals surface area contributed by atoms with Crippen LogP contribution in [0.2, 0.25) is 0 Å². The molecule has 2 unspecified atom stereocenters. The Labute approximate surface area is 103 Å². The first-order valence-electron chi connectivity index (χ1n) is 5.20. The lowest BCUT2D eigenvalue weighted by molar-refractivity contribution is -0.145. The molecule has 1 rings (SSSR count). The van der Waals surface area contributed by atoms with Gasteiger partial charge in [-0.25, -0.2) is 5.43 Å². The summed E-state index contributed by atoms with van der Waals surface area (Å²) in [5.74, 6) is 1.55. The lowest BCUT2D eigenvalue weighted by atomic mass is 9.82. The summed E-state index contributed by atoms with van der Waals surface area (Å²) < 4.78 is 0. The summed E-state index contributed by atoms with van der Waals surface area (Å²) >= 11 is 0. The average Bonchev–Trinajstić information content (AvgIpc) is 2.34. The van der Waals surface area contributed by atoms with Gasteiger partial charge in [-0.2, -0.15) is 0 Å². The maximum Gasteiger partial charge on any atom is 0.325 e. The number of hydrogen-bond donors (Lipinski definition) is 6. The van der Waals surface area contributed by atoms with Gasteiger partial charge in [0, 0.05) is 11.5 Å². The molecule has 0 radical (unpaired) electrons. The van der Waals surface area contributed by atoms with Gasteiger partial charge in [0.25, 0.3) is 0 Å². The molecule has 0 bridgehead atoms. The number of carbonyl (C=O) groups is 1. The Morgan fingerprint density at radius 1 is 1.33 bits per heavy atom. The minimum atomic E-state index is -1.53. The van der Waals surface area contributed by atoms with E-state index >= 15 is 0 Å². The van der Waals surface area contributed by atoms with Gasteiger partial charge < -0.3 is 20.4 Å². The molecule has 0 saturated carbocycles. The number of rotatable bonds is 4. The molecule has 0 spiro atoms. The van der Waals surface area contributed by atoms with Crippen LogP contribution in [0.4, 0.5) is 0 Å². The van der Waals surface area contributed by atoms with Gasteiger partial charge in [-0.1, -0.05) is 13.0 Å². The van der Waals surface area contributed by atoms with Crippen molar-refractivity contribution in [3.63, 3.8) is 0 Å². The van der Waals surface area contributed by atoms with Gasteiger partial charge in [-0.05, 0) is 13.0 Å². The Kier molecular flexibility index (Phi) is 3.68. The number of carboxylic acid groups (broad SMARTS) is 1. The average molecular weight is 256 g/mol. The molecule has 0 heterocycles. The van der Waals surface area contributed by atoms with E-state index in [1.54, 1.807) is 0 Å². The van der Waals surface area contributed by atoms with Crippen molar-refractivity contribution < 1.29 is 25.2 Å². The fraction of sp³-hybridized carbons (Fsp3) is 0.364. The predicted octanol–water partition coefficient (Wildman–Crippen LogP) is 0.214. The van der Waals surface area contributed by atoms with Gasteiger partial charge in [-0.15, -0.1) is 0 Å². The summed E-state index contributed by atoms with van der Waals surface area (Å²) in [6.45, 7) is 2.88. The van der Waals surface area contributed by atoms with E-state index in [1.165, 1.54) is 26.0 Å². The number of aromatic hydroxyl groups is 3. The number of phenolic OH excluding ortho intramolecular Hbond substituents is 3. The van der Waals surface area contributed by atoms with Crippen molar-refractivity contribution >= 4 is 5.97 Å². The molecule has 0 fully saturated rings. The Balaban J connectivity index is 3.31. The highest BCUT2D eigenvalue weighted by Gasteiger charge is 2.40. The smallest absolute Gasteiger partial charge is 0.325 e. The third-order valence-electron chi connectivity index (χ3n) is 3.24. The molecular formula is C11H16N2O5. The number of aliphatic carboxylic acids is 1. The maximum atomic E-state index is 11.2. The van der Waals surface area contributed by atoms with Crippen molar-refractivity contribution in [2.24, 2.45) is 5.84 Å². The first kappa shape index (κ1) is 14.1. The molecular weight excluding hydrogens is 240 g/mol. The summed E-state index contributed by atoms with van der Waals surface area (Å²) in [5.41, 5.74) is 0.816. The summed E-state index contributed by atoms with van der Waals surface area (Å²) in [7, 11) is 0. The molecule has 2 atom stereocenters. The molecule has 18 heavy (non-hydrogen) atoms. The van der Waals surface area contributed by atoms with E-state index in [2.05, 4.69) is 5.43 Å². The molecule has 0 amide bonds. The van der Waals surface area contributed by atoms with Crippen LogP contribution in [-0.2, 0) is 4.79 Å². The van der Waals surface area contributed by atoms with Crippen molar-refractivity contribution in [1.82, 2.24) is 5.43 Å². The van der Waals surface area contributed by atoms with E-state index in [1.807, 2.05) is 0 Å². The molecule has 0 aliphatic rings. The van der Waals surface area contributed by atoms with Gasteiger partial charge in [0.05, 0.1) is 0 Å². The van der Waals surface area contributed by atoms with Crippen LogP contribution in [0.25, 0.3) is 0 Å². The largest absolute Gasteiger partial charge is 0.504 e. The number of hydrazine groups is 1. The van der Waals surface area contributed by atoms with Crippen LogP contribution in [0, 0.1) is 0 Å². The highest BCUT2D eigenvalue weighted by atomic mass is 16.4. The van der Waals surface area contributed by atoms with Gasteiger partial charge >= 0.3 is 5.97 Å². The topological polar surface area (TPSA) is 136 Å². The second kappa shape index (κ2) is 4.71. The van der Waals surface area contributed by atoms with Crippen LogP contribution in [-0.4, -0.2) is 31.9 Å². The lowest BCUT2D eigenvalue weighted by Gasteiger charge is -2.31. The molecule has 1 aromatic carbocycles. The second-order valence-corrected chi connectivity index (χ2v) is 4.24. The number of nitrogens with two attached hydrogens (primary N) is 1. The molecule has 1 aromatic rings. The summed E-state index contributed by atoms with van der Waals surface area (Å²) in [4.78, 5) is 11.2. The summed E-state index contributed by atoms with van der Waals surface area (Å²) in [6.07, 6.45) is 0. The van der Waals surface area contributed by atoms with E-state index in [0.29, 0.717) is 0 Å². The van der Waals surface area contributed by atoms with Gasteiger partial charge in [-0.3, -0.25) is 10.6 Å². The van der Waals surface area contributed by atoms with Crippen LogP contribution >= 0.6 is 0 Å². The Morgan fingerprint density at radius 2 is 1.89 bits per heavy atom. The Morgan fingerprint density at radius 3 is 2.33 bits per heavy atom. The third kappa shape index (κ3) is 2.05. The number of carboxylic acids is 1. The van der Waals surface area contributed by atoms with Crippen molar-refractivity contribution in [1.29, 1.82) is 0 Å². The summed E-state index contributed by atoms with van der Waals surface area (Å²) in [5, 5.41) is 37.5. The molecule has 0 aliphatic heterocycles. The SMILES string of the molecule is CC(c1ccc(O)c(O)c1O)C(C)(NN)C(=O)O. The molecule has 0 aliphatic carbocycles. The third-order valence-corrected chi connectivity index (χ3v) is 3.24. The number of nitrogens with one attached hydrogen (secondary N) is 1. The minimum Gasteiger partial charge on any atom is -0.504 e. The molecule has 7 nitrogen and oxygen atoms in total. The zero-order chi connectivity index (χ0) is 14.1. The van der Waals surface area contributed by atoms with E-state index in [0.717, 1.165) is 0 Å².